The average Bonchev–Trinajstić information content (AvgIpc) is 2.50. The van der Waals surface area contributed by atoms with Crippen molar-refractivity contribution >= 4 is 29.5 Å². The van der Waals surface area contributed by atoms with Gasteiger partial charge in [-0.25, -0.2) is 0 Å². The molecule has 0 saturated heterocycles. The van der Waals surface area contributed by atoms with Crippen LogP contribution in [-0.4, -0.2) is 59.6 Å². The van der Waals surface area contributed by atoms with Crippen molar-refractivity contribution in [2.75, 3.05) is 18.6 Å². The standard InChI is InChI=1S/C14H28N4O4S/c1-9(14(21)22)17-13(20)11(6-8-23-2)18-12(19)10(16)5-3-4-7-15/h9-11H,3-8,15-16H2,1-2H3,(H,17,20)(H,18,19)(H,21,22). The second-order valence-corrected chi connectivity index (χ2v) is 6.29. The molecule has 0 radical (unpaired) electrons. The maximum Gasteiger partial charge on any atom is 0.325 e. The summed E-state index contributed by atoms with van der Waals surface area (Å²) in [5.74, 6) is -1.41. The normalized spacial score (nSPS) is 14.6. The Bertz CT molecular complexity index is 395. The number of nitrogens with one attached hydrogen (secondary N) is 2. The Morgan fingerprint density at radius 2 is 1.78 bits per heavy atom. The molecule has 0 aliphatic rings. The lowest BCUT2D eigenvalue weighted by Crippen LogP contribution is -2.54. The Labute approximate surface area is 141 Å². The lowest BCUT2D eigenvalue weighted by atomic mass is 10.1. The Kier molecular flexibility index (Phi) is 11.4. The van der Waals surface area contributed by atoms with Gasteiger partial charge in [-0.3, -0.25) is 14.4 Å². The number of nitrogens with two attached hydrogens (primary N) is 2. The van der Waals surface area contributed by atoms with Crippen molar-refractivity contribution in [2.45, 2.75) is 50.7 Å². The SMILES string of the molecule is CSCCC(NC(=O)C(N)CCCCN)C(=O)NC(C)C(=O)O. The number of hydrogen-bond donors (Lipinski definition) is 5. The van der Waals surface area contributed by atoms with E-state index in [1.807, 2.05) is 6.26 Å². The van der Waals surface area contributed by atoms with Crippen molar-refractivity contribution in [1.29, 1.82) is 0 Å². The Hall–Kier alpha value is -1.32. The summed E-state index contributed by atoms with van der Waals surface area (Å²) in [6, 6.07) is -2.52. The highest BCUT2D eigenvalue weighted by Gasteiger charge is 2.25. The summed E-state index contributed by atoms with van der Waals surface area (Å²) in [6.07, 6.45) is 4.30. The molecule has 0 aliphatic heterocycles. The summed E-state index contributed by atoms with van der Waals surface area (Å²) in [4.78, 5) is 35.0. The minimum absolute atomic E-state index is 0.403. The number of carboxylic acid groups (broad SMARTS) is 1. The molecular weight excluding hydrogens is 320 g/mol. The summed E-state index contributed by atoms with van der Waals surface area (Å²) < 4.78 is 0. The second kappa shape index (κ2) is 12.1. The van der Waals surface area contributed by atoms with Gasteiger partial charge in [0.1, 0.15) is 12.1 Å². The molecule has 0 heterocycles. The number of thioether (sulfide) groups is 1. The van der Waals surface area contributed by atoms with Gasteiger partial charge in [0, 0.05) is 0 Å². The Morgan fingerprint density at radius 3 is 2.30 bits per heavy atom. The van der Waals surface area contributed by atoms with E-state index in [0.717, 1.165) is 12.8 Å². The van der Waals surface area contributed by atoms with Crippen molar-refractivity contribution < 1.29 is 19.5 Å². The van der Waals surface area contributed by atoms with Crippen LogP contribution in [0.3, 0.4) is 0 Å². The molecule has 0 aromatic heterocycles. The van der Waals surface area contributed by atoms with Crippen LogP contribution in [0.15, 0.2) is 0 Å². The van der Waals surface area contributed by atoms with Crippen LogP contribution in [0.4, 0.5) is 0 Å². The Morgan fingerprint density at radius 1 is 1.13 bits per heavy atom. The van der Waals surface area contributed by atoms with Gasteiger partial charge in [0.2, 0.25) is 11.8 Å². The van der Waals surface area contributed by atoms with Gasteiger partial charge in [-0.15, -0.1) is 0 Å². The number of aliphatic carboxylic acids is 1. The first-order chi connectivity index (χ1) is 10.8. The van der Waals surface area contributed by atoms with Gasteiger partial charge in [-0.1, -0.05) is 6.42 Å². The average molecular weight is 348 g/mol. The minimum atomic E-state index is -1.13. The number of hydrogen-bond acceptors (Lipinski definition) is 6. The largest absolute Gasteiger partial charge is 0.480 e. The summed E-state index contributed by atoms with van der Waals surface area (Å²) in [5.41, 5.74) is 11.2. The molecule has 3 atom stereocenters. The van der Waals surface area contributed by atoms with Gasteiger partial charge in [0.05, 0.1) is 6.04 Å². The van der Waals surface area contributed by atoms with Crippen LogP contribution in [-0.2, 0) is 14.4 Å². The second-order valence-electron chi connectivity index (χ2n) is 5.30. The van der Waals surface area contributed by atoms with Crippen LogP contribution in [0.1, 0.15) is 32.6 Å². The van der Waals surface area contributed by atoms with Gasteiger partial charge >= 0.3 is 5.97 Å². The van der Waals surface area contributed by atoms with Crippen molar-refractivity contribution in [3.05, 3.63) is 0 Å². The van der Waals surface area contributed by atoms with Crippen molar-refractivity contribution in [3.8, 4) is 0 Å². The molecule has 0 aromatic carbocycles. The zero-order chi connectivity index (χ0) is 17.8. The third kappa shape index (κ3) is 9.42. The van der Waals surface area contributed by atoms with Crippen molar-refractivity contribution in [1.82, 2.24) is 10.6 Å². The summed E-state index contributed by atoms with van der Waals surface area (Å²) in [5, 5.41) is 13.8. The van der Waals surface area contributed by atoms with Crippen molar-refractivity contribution in [2.24, 2.45) is 11.5 Å². The van der Waals surface area contributed by atoms with E-state index in [1.54, 1.807) is 0 Å². The number of carbonyl (C=O) groups excluding carboxylic acids is 2. The fourth-order valence-electron chi connectivity index (χ4n) is 1.80. The van der Waals surface area contributed by atoms with Crippen LogP contribution >= 0.6 is 11.8 Å². The predicted molar refractivity (Wildman–Crippen MR) is 91.1 cm³/mol. The predicted octanol–water partition coefficient (Wildman–Crippen LogP) is -0.730. The van der Waals surface area contributed by atoms with Gasteiger partial charge < -0.3 is 27.2 Å². The molecule has 3 unspecified atom stereocenters. The topological polar surface area (TPSA) is 148 Å². The fraction of sp³-hybridized carbons (Fsp3) is 0.786. The van der Waals surface area contributed by atoms with E-state index in [-0.39, 0.29) is 0 Å². The first-order valence-electron chi connectivity index (χ1n) is 7.61. The first kappa shape index (κ1) is 21.7. The van der Waals surface area contributed by atoms with Crippen molar-refractivity contribution in [3.63, 3.8) is 0 Å². The van der Waals surface area contributed by atoms with E-state index in [4.69, 9.17) is 16.6 Å². The molecule has 0 rings (SSSR count). The highest BCUT2D eigenvalue weighted by atomic mass is 32.2. The van der Waals surface area contributed by atoms with E-state index in [1.165, 1.54) is 18.7 Å². The molecule has 9 heteroatoms. The molecule has 0 fully saturated rings. The Balaban J connectivity index is 4.60. The monoisotopic (exact) mass is 348 g/mol. The molecule has 0 saturated carbocycles. The molecular formula is C14H28N4O4S. The zero-order valence-corrected chi connectivity index (χ0v) is 14.5. The molecule has 0 aliphatic carbocycles. The number of carboxylic acids is 1. The summed E-state index contributed by atoms with van der Waals surface area (Å²) in [7, 11) is 0. The molecule has 23 heavy (non-hydrogen) atoms. The highest BCUT2D eigenvalue weighted by molar-refractivity contribution is 7.98. The first-order valence-corrected chi connectivity index (χ1v) is 9.01. The highest BCUT2D eigenvalue weighted by Crippen LogP contribution is 2.04. The van der Waals surface area contributed by atoms with Crippen LogP contribution < -0.4 is 22.1 Å². The quantitative estimate of drug-likeness (QED) is 0.292. The van der Waals surface area contributed by atoms with Gasteiger partial charge in [0.25, 0.3) is 0 Å². The fourth-order valence-corrected chi connectivity index (χ4v) is 2.27. The van der Waals surface area contributed by atoms with E-state index in [0.29, 0.717) is 25.1 Å². The van der Waals surface area contributed by atoms with E-state index in [9.17, 15) is 14.4 Å². The lowest BCUT2D eigenvalue weighted by molar-refractivity contribution is -0.141. The molecule has 0 spiro atoms. The zero-order valence-electron chi connectivity index (χ0n) is 13.7. The minimum Gasteiger partial charge on any atom is -0.480 e. The van der Waals surface area contributed by atoms with E-state index < -0.39 is 35.9 Å². The summed E-state index contributed by atoms with van der Waals surface area (Å²) in [6.45, 7) is 1.91. The number of rotatable bonds is 12. The molecule has 2 amide bonds. The maximum absolute atomic E-state index is 12.1. The number of amides is 2. The van der Waals surface area contributed by atoms with Gasteiger partial charge in [-0.05, 0) is 44.7 Å². The third-order valence-corrected chi connectivity index (χ3v) is 3.92. The van der Waals surface area contributed by atoms with Crippen LogP contribution in [0.5, 0.6) is 0 Å². The van der Waals surface area contributed by atoms with Crippen LogP contribution in [0.25, 0.3) is 0 Å². The molecule has 7 N–H and O–H groups in total. The van der Waals surface area contributed by atoms with Crippen LogP contribution in [0, 0.1) is 0 Å². The smallest absolute Gasteiger partial charge is 0.325 e. The third-order valence-electron chi connectivity index (χ3n) is 3.28. The van der Waals surface area contributed by atoms with E-state index >= 15 is 0 Å². The molecule has 0 bridgehead atoms. The lowest BCUT2D eigenvalue weighted by Gasteiger charge is -2.21. The number of unbranched alkanes of at least 4 members (excludes halogenated alkanes) is 1. The number of carbonyl (C=O) groups is 3. The van der Waals surface area contributed by atoms with Gasteiger partial charge in [0.15, 0.2) is 0 Å². The van der Waals surface area contributed by atoms with E-state index in [2.05, 4.69) is 10.6 Å². The van der Waals surface area contributed by atoms with Crippen LogP contribution in [0.2, 0.25) is 0 Å². The summed E-state index contributed by atoms with van der Waals surface area (Å²) >= 11 is 1.53. The molecule has 0 aromatic rings. The van der Waals surface area contributed by atoms with Gasteiger partial charge in [-0.2, -0.15) is 11.8 Å². The molecule has 8 nitrogen and oxygen atoms in total. The maximum atomic E-state index is 12.1. The molecule has 134 valence electrons.